The van der Waals surface area contributed by atoms with E-state index in [-0.39, 0.29) is 5.82 Å². The normalized spacial score (nSPS) is 13.0. The maximum atomic E-state index is 13.5. The highest BCUT2D eigenvalue weighted by Crippen LogP contribution is 2.32. The second-order valence-corrected chi connectivity index (χ2v) is 8.51. The fraction of sp³-hybridized carbons (Fsp3) is 0.379. The molecule has 5 nitrogen and oxygen atoms in total. The van der Waals surface area contributed by atoms with E-state index in [9.17, 15) is 4.39 Å². The van der Waals surface area contributed by atoms with Crippen molar-refractivity contribution in [2.75, 3.05) is 50.0 Å². The van der Waals surface area contributed by atoms with Crippen LogP contribution >= 0.6 is 11.9 Å². The first kappa shape index (κ1) is 29.3. The molecule has 1 aliphatic rings. The summed E-state index contributed by atoms with van der Waals surface area (Å²) in [5.74, 6) is 1.29. The quantitative estimate of drug-likeness (QED) is 0.318. The number of halogens is 1. The molecular formula is C29H40FN3O2S. The van der Waals surface area contributed by atoms with E-state index < -0.39 is 0 Å². The van der Waals surface area contributed by atoms with Gasteiger partial charge in [-0.2, -0.15) is 0 Å². The molecule has 7 heteroatoms. The molecule has 3 aromatic rings. The van der Waals surface area contributed by atoms with Crippen LogP contribution in [0.25, 0.3) is 0 Å². The maximum absolute atomic E-state index is 13.5. The number of hydrogen-bond donors (Lipinski definition) is 1. The minimum Gasteiger partial charge on any atom is -0.493 e. The molecular weight excluding hydrogens is 473 g/mol. The Morgan fingerprint density at radius 2 is 1.50 bits per heavy atom. The molecule has 0 amide bonds. The van der Waals surface area contributed by atoms with Crippen molar-refractivity contribution in [3.05, 3.63) is 78.1 Å². The molecule has 0 radical (unpaired) electrons. The van der Waals surface area contributed by atoms with Crippen LogP contribution in [0.3, 0.4) is 0 Å². The number of piperazine rings is 1. The average molecular weight is 514 g/mol. The largest absolute Gasteiger partial charge is 0.493 e. The van der Waals surface area contributed by atoms with Gasteiger partial charge in [0.1, 0.15) is 5.82 Å². The molecule has 1 fully saturated rings. The molecule has 196 valence electrons. The first-order valence-corrected chi connectivity index (χ1v) is 13.4. The Morgan fingerprint density at radius 3 is 2.17 bits per heavy atom. The number of methoxy groups -OCH3 is 2. The summed E-state index contributed by atoms with van der Waals surface area (Å²) in [7, 11) is 3.32. The molecule has 0 bridgehead atoms. The zero-order valence-corrected chi connectivity index (χ0v) is 23.2. The van der Waals surface area contributed by atoms with E-state index in [4.69, 9.17) is 9.47 Å². The minimum atomic E-state index is -0.226. The number of hydrogen-bond acceptors (Lipinski definition) is 6. The monoisotopic (exact) mass is 513 g/mol. The van der Waals surface area contributed by atoms with Crippen LogP contribution < -0.4 is 19.1 Å². The van der Waals surface area contributed by atoms with Gasteiger partial charge in [0.15, 0.2) is 11.5 Å². The molecule has 0 saturated carbocycles. The zero-order valence-electron chi connectivity index (χ0n) is 22.4. The first-order valence-electron chi connectivity index (χ1n) is 12.6. The van der Waals surface area contributed by atoms with Gasteiger partial charge in [-0.05, 0) is 60.0 Å². The third kappa shape index (κ3) is 8.35. The predicted octanol–water partition coefficient (Wildman–Crippen LogP) is 7.34. The minimum absolute atomic E-state index is 0.226. The number of benzene rings is 3. The number of anilines is 2. The Labute approximate surface area is 220 Å². The molecule has 0 atom stereocenters. The van der Waals surface area contributed by atoms with Crippen LogP contribution in [0.1, 0.15) is 33.3 Å². The van der Waals surface area contributed by atoms with Crippen LogP contribution in [0.15, 0.2) is 71.6 Å². The third-order valence-electron chi connectivity index (χ3n) is 5.55. The van der Waals surface area contributed by atoms with Gasteiger partial charge in [-0.1, -0.05) is 52.0 Å². The summed E-state index contributed by atoms with van der Waals surface area (Å²) in [6.45, 7) is 12.7. The summed E-state index contributed by atoms with van der Waals surface area (Å²) in [4.78, 5) is 5.70. The zero-order chi connectivity index (χ0) is 26.3. The van der Waals surface area contributed by atoms with Crippen molar-refractivity contribution in [3.63, 3.8) is 0 Å². The van der Waals surface area contributed by atoms with Gasteiger partial charge in [0.05, 0.1) is 25.6 Å². The molecule has 4 rings (SSSR count). The van der Waals surface area contributed by atoms with Gasteiger partial charge >= 0.3 is 0 Å². The summed E-state index contributed by atoms with van der Waals surface area (Å²) in [5, 5.41) is 0. The second-order valence-electron chi connectivity index (χ2n) is 7.63. The summed E-state index contributed by atoms with van der Waals surface area (Å²) in [6, 6.07) is 21.0. The fourth-order valence-electron chi connectivity index (χ4n) is 3.86. The van der Waals surface area contributed by atoms with Crippen molar-refractivity contribution < 1.29 is 13.9 Å². The molecule has 36 heavy (non-hydrogen) atoms. The molecule has 0 unspecified atom stereocenters. The summed E-state index contributed by atoms with van der Waals surface area (Å²) in [6.07, 6.45) is 0. The Bertz CT molecular complexity index is 1040. The SMILES string of the molecule is CC.CC.COc1ccc(CN2CCN(c3ccccc3NSc3cccc(F)c3)CC2)cc1OC. The second kappa shape index (κ2) is 16.0. The molecule has 1 N–H and O–H groups in total. The van der Waals surface area contributed by atoms with Gasteiger partial charge in [-0.15, -0.1) is 0 Å². The molecule has 3 aromatic carbocycles. The van der Waals surface area contributed by atoms with E-state index >= 15 is 0 Å². The topological polar surface area (TPSA) is 37.0 Å². The van der Waals surface area contributed by atoms with Crippen LogP contribution in [-0.2, 0) is 6.54 Å². The predicted molar refractivity (Wildman–Crippen MR) is 152 cm³/mol. The standard InChI is InChI=1S/C25H28FN3O2S.2C2H6/c1-30-24-11-10-19(16-25(24)31-2)18-28-12-14-29(15-13-28)23-9-4-3-8-22(23)27-32-21-7-5-6-20(26)17-21;2*1-2/h3-11,16-17,27H,12-15,18H2,1-2H3;2*1-2H3. The summed E-state index contributed by atoms with van der Waals surface area (Å²) < 4.78 is 27.6. The van der Waals surface area contributed by atoms with E-state index in [1.807, 2.05) is 52.0 Å². The molecule has 0 aliphatic carbocycles. The highest BCUT2D eigenvalue weighted by Gasteiger charge is 2.20. The van der Waals surface area contributed by atoms with Crippen molar-refractivity contribution in [2.45, 2.75) is 39.1 Å². The maximum Gasteiger partial charge on any atom is 0.161 e. The average Bonchev–Trinajstić information content (AvgIpc) is 2.95. The Hall–Kier alpha value is -2.90. The molecule has 1 aliphatic heterocycles. The summed E-state index contributed by atoms with van der Waals surface area (Å²) in [5.41, 5.74) is 3.42. The Balaban J connectivity index is 0.00000109. The van der Waals surface area contributed by atoms with Gasteiger partial charge in [0.2, 0.25) is 0 Å². The van der Waals surface area contributed by atoms with Gasteiger partial charge in [-0.25, -0.2) is 4.39 Å². The number of rotatable bonds is 8. The molecule has 1 heterocycles. The number of nitrogens with zero attached hydrogens (tertiary/aromatic N) is 2. The molecule has 0 spiro atoms. The number of nitrogens with one attached hydrogen (secondary N) is 1. The lowest BCUT2D eigenvalue weighted by Crippen LogP contribution is -2.46. The van der Waals surface area contributed by atoms with E-state index in [1.54, 1.807) is 20.3 Å². The lowest BCUT2D eigenvalue weighted by atomic mass is 10.1. The van der Waals surface area contributed by atoms with Crippen molar-refractivity contribution in [3.8, 4) is 11.5 Å². The Kier molecular flexibility index (Phi) is 13.0. The van der Waals surface area contributed by atoms with Gasteiger partial charge in [-0.3, -0.25) is 4.90 Å². The lowest BCUT2D eigenvalue weighted by Gasteiger charge is -2.37. The Morgan fingerprint density at radius 1 is 0.806 bits per heavy atom. The summed E-state index contributed by atoms with van der Waals surface area (Å²) >= 11 is 1.43. The van der Waals surface area contributed by atoms with Crippen LogP contribution in [0.5, 0.6) is 11.5 Å². The van der Waals surface area contributed by atoms with Gasteiger partial charge in [0, 0.05) is 37.6 Å². The van der Waals surface area contributed by atoms with Gasteiger partial charge < -0.3 is 19.1 Å². The van der Waals surface area contributed by atoms with Crippen LogP contribution in [0.4, 0.5) is 15.8 Å². The lowest BCUT2D eigenvalue weighted by molar-refractivity contribution is 0.249. The van der Waals surface area contributed by atoms with Gasteiger partial charge in [0.25, 0.3) is 0 Å². The smallest absolute Gasteiger partial charge is 0.161 e. The van der Waals surface area contributed by atoms with E-state index in [2.05, 4.69) is 38.8 Å². The van der Waals surface area contributed by atoms with Crippen molar-refractivity contribution in [2.24, 2.45) is 0 Å². The highest BCUT2D eigenvalue weighted by atomic mass is 32.2. The van der Waals surface area contributed by atoms with Crippen LogP contribution in [-0.4, -0.2) is 45.3 Å². The fourth-order valence-corrected chi connectivity index (χ4v) is 4.58. The first-order chi connectivity index (χ1) is 17.7. The van der Waals surface area contributed by atoms with E-state index in [0.29, 0.717) is 0 Å². The van der Waals surface area contributed by atoms with E-state index in [1.165, 1.54) is 35.3 Å². The molecule has 0 aromatic heterocycles. The van der Waals surface area contributed by atoms with E-state index in [0.717, 1.165) is 54.8 Å². The third-order valence-corrected chi connectivity index (χ3v) is 6.36. The van der Waals surface area contributed by atoms with Crippen molar-refractivity contribution >= 4 is 23.3 Å². The number of para-hydroxylation sites is 2. The van der Waals surface area contributed by atoms with Crippen molar-refractivity contribution in [1.82, 2.24) is 4.90 Å². The van der Waals surface area contributed by atoms with Crippen LogP contribution in [0, 0.1) is 5.82 Å². The molecule has 1 saturated heterocycles. The van der Waals surface area contributed by atoms with Crippen molar-refractivity contribution in [1.29, 1.82) is 0 Å². The van der Waals surface area contributed by atoms with Crippen LogP contribution in [0.2, 0.25) is 0 Å². The number of ether oxygens (including phenoxy) is 2. The highest BCUT2D eigenvalue weighted by molar-refractivity contribution is 8.00.